The van der Waals surface area contributed by atoms with Gasteiger partial charge in [0.25, 0.3) is 0 Å². The van der Waals surface area contributed by atoms with E-state index in [-0.39, 0.29) is 0 Å². The topological polar surface area (TPSA) is 43.9 Å². The zero-order valence-electron chi connectivity index (χ0n) is 17.6. The maximum absolute atomic E-state index is 5.98. The van der Waals surface area contributed by atoms with E-state index in [0.29, 0.717) is 5.89 Å². The number of rotatable bonds is 5. The van der Waals surface area contributed by atoms with Crippen LogP contribution in [0.15, 0.2) is 107 Å². The van der Waals surface area contributed by atoms with Crippen LogP contribution in [0.4, 0.5) is 0 Å². The predicted molar refractivity (Wildman–Crippen MR) is 135 cm³/mol. The molecule has 3 aromatic heterocycles. The minimum Gasteiger partial charge on any atom is -0.437 e. The number of benzene rings is 3. The molecule has 0 amide bonds. The molecule has 6 aromatic rings. The molecule has 0 radical (unpaired) electrons. The third-order valence-corrected chi connectivity index (χ3v) is 6.31. The summed E-state index contributed by atoms with van der Waals surface area (Å²) in [6.45, 7) is 0. The predicted octanol–water partition coefficient (Wildman–Crippen LogP) is 7.58. The van der Waals surface area contributed by atoms with Gasteiger partial charge in [0.1, 0.15) is 11.2 Å². The van der Waals surface area contributed by atoms with Gasteiger partial charge in [-0.3, -0.25) is 0 Å². The average molecular weight is 446 g/mol. The molecule has 158 valence electrons. The van der Waals surface area contributed by atoms with E-state index in [4.69, 9.17) is 14.5 Å². The van der Waals surface area contributed by atoms with Gasteiger partial charge in [-0.1, -0.05) is 60.7 Å². The number of aromatic nitrogens is 3. The largest absolute Gasteiger partial charge is 0.437 e. The average Bonchev–Trinajstić information content (AvgIpc) is 3.62. The van der Waals surface area contributed by atoms with Crippen LogP contribution in [0.2, 0.25) is 0 Å². The van der Waals surface area contributed by atoms with Crippen LogP contribution >= 0.6 is 11.3 Å². The first-order valence-corrected chi connectivity index (χ1v) is 11.5. The lowest BCUT2D eigenvalue weighted by atomic mass is 10.1. The van der Waals surface area contributed by atoms with Crippen molar-refractivity contribution in [2.24, 2.45) is 0 Å². The fourth-order valence-corrected chi connectivity index (χ4v) is 4.55. The summed E-state index contributed by atoms with van der Waals surface area (Å²) >= 11 is 1.67. The Hall–Kier alpha value is -4.22. The quantitative estimate of drug-likeness (QED) is 0.275. The van der Waals surface area contributed by atoms with E-state index in [1.165, 1.54) is 0 Å². The summed E-state index contributed by atoms with van der Waals surface area (Å²) in [6.07, 6.45) is 5.97. The Bertz CT molecular complexity index is 1550. The van der Waals surface area contributed by atoms with E-state index in [1.54, 1.807) is 11.3 Å². The summed E-state index contributed by atoms with van der Waals surface area (Å²) in [6, 6.07) is 30.6. The first kappa shape index (κ1) is 19.5. The van der Waals surface area contributed by atoms with E-state index in [9.17, 15) is 0 Å². The smallest absolute Gasteiger partial charge is 0.220 e. The maximum Gasteiger partial charge on any atom is 0.220 e. The highest BCUT2D eigenvalue weighted by molar-refractivity contribution is 7.13. The monoisotopic (exact) mass is 445 g/mol. The second-order valence-corrected chi connectivity index (χ2v) is 8.57. The lowest BCUT2D eigenvalue weighted by Crippen LogP contribution is -1.93. The lowest BCUT2D eigenvalue weighted by molar-refractivity contribution is 0.590. The van der Waals surface area contributed by atoms with Crippen molar-refractivity contribution in [1.82, 2.24) is 14.8 Å². The molecule has 0 fully saturated rings. The molecule has 5 heteroatoms. The maximum atomic E-state index is 5.98. The minimum atomic E-state index is 0.569. The van der Waals surface area contributed by atoms with Crippen LogP contribution in [0, 0.1) is 0 Å². The standard InChI is InChI=1S/C28H19N3OS/c1-3-8-20(9-4-1)21-13-15-25-24(18-21)29-27(32-25)16-14-22-19-31(23-10-5-2-6-11-23)30-28(22)26-12-7-17-33-26/h1-19H. The molecule has 33 heavy (non-hydrogen) atoms. The van der Waals surface area contributed by atoms with Gasteiger partial charge >= 0.3 is 0 Å². The molecule has 0 N–H and O–H groups in total. The molecule has 0 aliphatic rings. The number of para-hydroxylation sites is 1. The Labute approximate surface area is 195 Å². The minimum absolute atomic E-state index is 0.569. The van der Waals surface area contributed by atoms with E-state index in [2.05, 4.69) is 35.7 Å². The molecular formula is C28H19N3OS. The van der Waals surface area contributed by atoms with Crippen LogP contribution in [-0.4, -0.2) is 14.8 Å². The number of fused-ring (bicyclic) bond motifs is 1. The van der Waals surface area contributed by atoms with Crippen LogP contribution < -0.4 is 0 Å². The Morgan fingerprint density at radius 2 is 1.61 bits per heavy atom. The van der Waals surface area contributed by atoms with Crippen molar-refractivity contribution in [3.8, 4) is 27.4 Å². The van der Waals surface area contributed by atoms with Crippen molar-refractivity contribution >= 4 is 34.6 Å². The highest BCUT2D eigenvalue weighted by Crippen LogP contribution is 2.30. The number of oxazole rings is 1. The number of hydrogen-bond acceptors (Lipinski definition) is 4. The number of nitrogens with zero attached hydrogens (tertiary/aromatic N) is 3. The first-order valence-electron chi connectivity index (χ1n) is 10.7. The number of hydrogen-bond donors (Lipinski definition) is 0. The van der Waals surface area contributed by atoms with E-state index >= 15 is 0 Å². The van der Waals surface area contributed by atoms with Crippen LogP contribution in [-0.2, 0) is 0 Å². The summed E-state index contributed by atoms with van der Waals surface area (Å²) in [5.74, 6) is 0.569. The Morgan fingerprint density at radius 1 is 0.788 bits per heavy atom. The zero-order chi connectivity index (χ0) is 22.0. The van der Waals surface area contributed by atoms with Crippen LogP contribution in [0.5, 0.6) is 0 Å². The molecule has 3 heterocycles. The second kappa shape index (κ2) is 8.37. The third kappa shape index (κ3) is 3.90. The zero-order valence-corrected chi connectivity index (χ0v) is 18.4. The van der Waals surface area contributed by atoms with E-state index < -0.39 is 0 Å². The fraction of sp³-hybridized carbons (Fsp3) is 0. The van der Waals surface area contributed by atoms with Crippen molar-refractivity contribution in [1.29, 1.82) is 0 Å². The summed E-state index contributed by atoms with van der Waals surface area (Å²) < 4.78 is 7.89. The van der Waals surface area contributed by atoms with Gasteiger partial charge in [0.2, 0.25) is 5.89 Å². The highest BCUT2D eigenvalue weighted by atomic mass is 32.1. The molecule has 0 spiro atoms. The van der Waals surface area contributed by atoms with Gasteiger partial charge < -0.3 is 4.42 Å². The van der Waals surface area contributed by atoms with E-state index in [0.717, 1.165) is 44.0 Å². The molecule has 0 unspecified atom stereocenters. The van der Waals surface area contributed by atoms with Crippen LogP contribution in [0.25, 0.3) is 50.6 Å². The molecule has 0 aliphatic heterocycles. The van der Waals surface area contributed by atoms with E-state index in [1.807, 2.05) is 83.7 Å². The molecule has 4 nitrogen and oxygen atoms in total. The third-order valence-electron chi connectivity index (χ3n) is 5.43. The molecule has 3 aromatic carbocycles. The van der Waals surface area contributed by atoms with Gasteiger partial charge in [0, 0.05) is 17.8 Å². The molecule has 6 rings (SSSR count). The molecule has 0 bridgehead atoms. The van der Waals surface area contributed by atoms with Crippen molar-refractivity contribution < 1.29 is 4.42 Å². The summed E-state index contributed by atoms with van der Waals surface area (Å²) in [5, 5.41) is 6.91. The summed E-state index contributed by atoms with van der Waals surface area (Å²) in [5.41, 5.74) is 6.86. The Balaban J connectivity index is 1.36. The molecule has 0 saturated heterocycles. The van der Waals surface area contributed by atoms with Crippen molar-refractivity contribution in [3.05, 3.63) is 114 Å². The number of thiophene rings is 1. The van der Waals surface area contributed by atoms with Crippen LogP contribution in [0.3, 0.4) is 0 Å². The van der Waals surface area contributed by atoms with Gasteiger partial charge in [-0.25, -0.2) is 9.67 Å². The Kier molecular flexibility index (Phi) is 4.94. The van der Waals surface area contributed by atoms with Gasteiger partial charge in [0.05, 0.1) is 10.6 Å². The summed E-state index contributed by atoms with van der Waals surface area (Å²) in [7, 11) is 0. The van der Waals surface area contributed by atoms with Crippen LogP contribution in [0.1, 0.15) is 11.5 Å². The Morgan fingerprint density at radius 3 is 2.39 bits per heavy atom. The normalized spacial score (nSPS) is 11.5. The van der Waals surface area contributed by atoms with Crippen molar-refractivity contribution in [2.45, 2.75) is 0 Å². The van der Waals surface area contributed by atoms with Gasteiger partial charge in [0.15, 0.2) is 5.58 Å². The van der Waals surface area contributed by atoms with Gasteiger partial charge in [-0.15, -0.1) is 11.3 Å². The SMILES string of the molecule is C(=Cc1cn(-c2ccccc2)nc1-c1cccs1)c1nc2cc(-c3ccccc3)ccc2o1. The molecule has 0 atom stereocenters. The highest BCUT2D eigenvalue weighted by Gasteiger charge is 2.12. The van der Waals surface area contributed by atoms with Gasteiger partial charge in [-0.2, -0.15) is 5.10 Å². The van der Waals surface area contributed by atoms with Crippen molar-refractivity contribution in [3.63, 3.8) is 0 Å². The fourth-order valence-electron chi connectivity index (χ4n) is 3.81. The summed E-state index contributed by atoms with van der Waals surface area (Å²) in [4.78, 5) is 5.81. The molecule has 0 saturated carbocycles. The van der Waals surface area contributed by atoms with Crippen molar-refractivity contribution in [2.75, 3.05) is 0 Å². The van der Waals surface area contributed by atoms with Gasteiger partial charge in [-0.05, 0) is 52.9 Å². The molecule has 0 aliphatic carbocycles. The molecular weight excluding hydrogens is 426 g/mol. The first-order chi connectivity index (χ1) is 16.3. The lowest BCUT2D eigenvalue weighted by Gasteiger charge is -1.99. The second-order valence-electron chi connectivity index (χ2n) is 7.62.